The van der Waals surface area contributed by atoms with Crippen molar-refractivity contribution in [2.45, 2.75) is 52.9 Å². The van der Waals surface area contributed by atoms with Crippen molar-refractivity contribution in [2.75, 3.05) is 6.61 Å². The highest BCUT2D eigenvalue weighted by molar-refractivity contribution is 6.30. The summed E-state index contributed by atoms with van der Waals surface area (Å²) in [6.07, 6.45) is 1.65. The molecule has 1 aromatic rings. The van der Waals surface area contributed by atoms with Crippen LogP contribution in [0.15, 0.2) is 6.20 Å². The van der Waals surface area contributed by atoms with Gasteiger partial charge in [0.2, 0.25) is 0 Å². The van der Waals surface area contributed by atoms with Crippen LogP contribution in [0.3, 0.4) is 0 Å². The zero-order valence-corrected chi connectivity index (χ0v) is 13.8. The molecule has 1 aromatic heterocycles. The van der Waals surface area contributed by atoms with Gasteiger partial charge in [0.05, 0.1) is 12.5 Å². The number of hydrogen-bond acceptors (Lipinski definition) is 4. The summed E-state index contributed by atoms with van der Waals surface area (Å²) in [5, 5.41) is 0.330. The van der Waals surface area contributed by atoms with Crippen LogP contribution in [-0.4, -0.2) is 22.5 Å². The fraction of sp³-hybridized carbons (Fsp3) is 0.667. The van der Waals surface area contributed by atoms with Crippen LogP contribution in [0.25, 0.3) is 0 Å². The van der Waals surface area contributed by atoms with Crippen molar-refractivity contribution in [2.24, 2.45) is 5.92 Å². The Morgan fingerprint density at radius 3 is 2.40 bits per heavy atom. The average Bonchev–Trinajstić information content (AvgIpc) is 2.30. The van der Waals surface area contributed by atoms with E-state index < -0.39 is 5.92 Å². The van der Waals surface area contributed by atoms with Crippen molar-refractivity contribution < 1.29 is 9.53 Å². The van der Waals surface area contributed by atoms with Gasteiger partial charge in [-0.15, -0.1) is 0 Å². The summed E-state index contributed by atoms with van der Waals surface area (Å²) in [4.78, 5) is 20.8. The molecule has 1 rings (SSSR count). The SMILES string of the molecule is CCOC(=O)C(c1cnc(C(C)(C)C)nc1Cl)C(C)C. The summed E-state index contributed by atoms with van der Waals surface area (Å²) in [5.74, 6) is 0.0150. The minimum atomic E-state index is -0.434. The van der Waals surface area contributed by atoms with Gasteiger partial charge in [0, 0.05) is 17.2 Å². The third-order valence-electron chi connectivity index (χ3n) is 2.98. The van der Waals surface area contributed by atoms with Crippen LogP contribution in [0.2, 0.25) is 5.15 Å². The van der Waals surface area contributed by atoms with Gasteiger partial charge in [-0.1, -0.05) is 46.2 Å². The van der Waals surface area contributed by atoms with Crippen molar-refractivity contribution in [1.29, 1.82) is 0 Å². The standard InChI is InChI=1S/C15H23ClN2O2/c1-7-20-13(19)11(9(2)3)10-8-17-14(15(4,5)6)18-12(10)16/h8-9,11H,7H2,1-6H3. The quantitative estimate of drug-likeness (QED) is 0.628. The van der Waals surface area contributed by atoms with Crippen LogP contribution in [0.1, 0.15) is 58.8 Å². The third kappa shape index (κ3) is 3.92. The topological polar surface area (TPSA) is 52.1 Å². The van der Waals surface area contributed by atoms with Crippen LogP contribution in [0, 0.1) is 5.92 Å². The molecule has 0 amide bonds. The highest BCUT2D eigenvalue weighted by Gasteiger charge is 2.29. The maximum Gasteiger partial charge on any atom is 0.313 e. The van der Waals surface area contributed by atoms with Crippen molar-refractivity contribution in [1.82, 2.24) is 9.97 Å². The minimum absolute atomic E-state index is 0.0654. The van der Waals surface area contributed by atoms with Gasteiger partial charge in [-0.05, 0) is 12.8 Å². The van der Waals surface area contributed by atoms with Crippen LogP contribution in [-0.2, 0) is 14.9 Å². The molecule has 20 heavy (non-hydrogen) atoms. The molecule has 0 aliphatic rings. The van der Waals surface area contributed by atoms with Gasteiger partial charge in [-0.2, -0.15) is 0 Å². The summed E-state index contributed by atoms with van der Waals surface area (Å²) < 4.78 is 5.12. The molecule has 1 heterocycles. The Balaban J connectivity index is 3.19. The number of ether oxygens (including phenoxy) is 1. The molecule has 4 nitrogen and oxygen atoms in total. The molecule has 0 saturated heterocycles. The molecule has 0 N–H and O–H groups in total. The molecule has 0 fully saturated rings. The Hall–Kier alpha value is -1.16. The molecular formula is C15H23ClN2O2. The Labute approximate surface area is 125 Å². The van der Waals surface area contributed by atoms with Gasteiger partial charge in [0.25, 0.3) is 0 Å². The lowest BCUT2D eigenvalue weighted by Crippen LogP contribution is -2.23. The molecule has 0 saturated carbocycles. The Kier molecular flexibility index (Phi) is 5.51. The molecule has 0 spiro atoms. The first-order valence-electron chi connectivity index (χ1n) is 6.88. The van der Waals surface area contributed by atoms with Gasteiger partial charge in [-0.25, -0.2) is 9.97 Å². The first kappa shape index (κ1) is 16.9. The first-order chi connectivity index (χ1) is 9.18. The monoisotopic (exact) mass is 298 g/mol. The number of aromatic nitrogens is 2. The predicted molar refractivity (Wildman–Crippen MR) is 80.0 cm³/mol. The number of carbonyl (C=O) groups excluding carboxylic acids is 1. The zero-order valence-electron chi connectivity index (χ0n) is 13.0. The lowest BCUT2D eigenvalue weighted by atomic mass is 9.89. The molecule has 5 heteroatoms. The lowest BCUT2D eigenvalue weighted by molar-refractivity contribution is -0.146. The van der Waals surface area contributed by atoms with Crippen LogP contribution in [0.5, 0.6) is 0 Å². The van der Waals surface area contributed by atoms with E-state index in [4.69, 9.17) is 16.3 Å². The second kappa shape index (κ2) is 6.53. The molecule has 1 atom stereocenters. The zero-order chi connectivity index (χ0) is 15.5. The number of rotatable bonds is 4. The van der Waals surface area contributed by atoms with E-state index in [1.807, 2.05) is 34.6 Å². The maximum absolute atomic E-state index is 12.1. The third-order valence-corrected chi connectivity index (χ3v) is 3.28. The molecule has 0 aliphatic heterocycles. The van der Waals surface area contributed by atoms with Gasteiger partial charge >= 0.3 is 5.97 Å². The number of esters is 1. The van der Waals surface area contributed by atoms with E-state index in [1.54, 1.807) is 13.1 Å². The number of hydrogen-bond donors (Lipinski definition) is 0. The molecule has 0 aliphatic carbocycles. The fourth-order valence-corrected chi connectivity index (χ4v) is 2.18. The second-order valence-electron chi connectivity index (χ2n) is 6.16. The van der Waals surface area contributed by atoms with Crippen LogP contribution >= 0.6 is 11.6 Å². The molecule has 0 bridgehead atoms. The Morgan fingerprint density at radius 2 is 2.00 bits per heavy atom. The van der Waals surface area contributed by atoms with Crippen LogP contribution in [0.4, 0.5) is 0 Å². The second-order valence-corrected chi connectivity index (χ2v) is 6.52. The van der Waals surface area contributed by atoms with Gasteiger partial charge in [0.15, 0.2) is 0 Å². The normalized spacial score (nSPS) is 13.4. The summed E-state index contributed by atoms with van der Waals surface area (Å²) in [5.41, 5.74) is 0.451. The van der Waals surface area contributed by atoms with Gasteiger partial charge in [0.1, 0.15) is 11.0 Å². The van der Waals surface area contributed by atoms with E-state index in [1.165, 1.54) is 0 Å². The summed E-state index contributed by atoms with van der Waals surface area (Å²) in [6, 6.07) is 0. The van der Waals surface area contributed by atoms with Crippen molar-refractivity contribution in [3.05, 3.63) is 22.7 Å². The highest BCUT2D eigenvalue weighted by Crippen LogP contribution is 2.31. The van der Waals surface area contributed by atoms with Crippen LogP contribution < -0.4 is 0 Å². The molecule has 1 unspecified atom stereocenters. The molecule has 0 radical (unpaired) electrons. The maximum atomic E-state index is 12.1. The average molecular weight is 299 g/mol. The first-order valence-corrected chi connectivity index (χ1v) is 7.25. The largest absolute Gasteiger partial charge is 0.466 e. The van der Waals surface area contributed by atoms with E-state index >= 15 is 0 Å². The molecule has 0 aromatic carbocycles. The van der Waals surface area contributed by atoms with E-state index in [-0.39, 0.29) is 17.3 Å². The van der Waals surface area contributed by atoms with Gasteiger partial charge in [-0.3, -0.25) is 4.79 Å². The van der Waals surface area contributed by atoms with E-state index in [0.717, 1.165) is 0 Å². The molecule has 112 valence electrons. The molecular weight excluding hydrogens is 276 g/mol. The summed E-state index contributed by atoms with van der Waals surface area (Å²) in [7, 11) is 0. The fourth-order valence-electron chi connectivity index (χ4n) is 1.93. The summed E-state index contributed by atoms with van der Waals surface area (Å²) >= 11 is 6.26. The lowest BCUT2D eigenvalue weighted by Gasteiger charge is -2.22. The van der Waals surface area contributed by atoms with Crippen molar-refractivity contribution in [3.8, 4) is 0 Å². The van der Waals surface area contributed by atoms with Crippen molar-refractivity contribution in [3.63, 3.8) is 0 Å². The minimum Gasteiger partial charge on any atom is -0.466 e. The van der Waals surface area contributed by atoms with E-state index in [2.05, 4.69) is 9.97 Å². The number of halogens is 1. The predicted octanol–water partition coefficient (Wildman–Crippen LogP) is 3.73. The van der Waals surface area contributed by atoms with Gasteiger partial charge < -0.3 is 4.74 Å². The smallest absolute Gasteiger partial charge is 0.313 e. The van der Waals surface area contributed by atoms with E-state index in [0.29, 0.717) is 23.1 Å². The highest BCUT2D eigenvalue weighted by atomic mass is 35.5. The number of carbonyl (C=O) groups is 1. The van der Waals surface area contributed by atoms with Crippen molar-refractivity contribution >= 4 is 17.6 Å². The Morgan fingerprint density at radius 1 is 1.40 bits per heavy atom. The van der Waals surface area contributed by atoms with E-state index in [9.17, 15) is 4.79 Å². The summed E-state index contributed by atoms with van der Waals surface area (Å²) in [6.45, 7) is 12.1. The Bertz CT molecular complexity index is 481. The number of nitrogens with zero attached hydrogens (tertiary/aromatic N) is 2.